The summed E-state index contributed by atoms with van der Waals surface area (Å²) in [4.78, 5) is 16.4. The summed E-state index contributed by atoms with van der Waals surface area (Å²) in [6.45, 7) is 4.15. The van der Waals surface area contributed by atoms with Gasteiger partial charge in [-0.3, -0.25) is 4.79 Å². The Morgan fingerprint density at radius 2 is 2.28 bits per heavy atom. The standard InChI is InChI=1S/C13H17N3OS/c1-9(2)11(12-14-5-6-16(12)3)15-13(17)10-4-7-18-8-10/h4-9,11H,1-3H3,(H,15,17)/t11-/m0/s1. The zero-order valence-corrected chi connectivity index (χ0v) is 11.6. The van der Waals surface area contributed by atoms with Gasteiger partial charge in [-0.2, -0.15) is 11.3 Å². The fraction of sp³-hybridized carbons (Fsp3) is 0.385. The topological polar surface area (TPSA) is 46.9 Å². The molecule has 2 aromatic heterocycles. The molecule has 5 heteroatoms. The Labute approximate surface area is 111 Å². The first-order valence-electron chi connectivity index (χ1n) is 5.90. The third-order valence-electron chi connectivity index (χ3n) is 2.87. The number of carbonyl (C=O) groups is 1. The molecule has 2 aromatic rings. The second-order valence-corrected chi connectivity index (χ2v) is 5.38. The molecule has 0 aromatic carbocycles. The molecule has 0 spiro atoms. The highest BCUT2D eigenvalue weighted by Gasteiger charge is 2.22. The van der Waals surface area contributed by atoms with Gasteiger partial charge in [0.1, 0.15) is 5.82 Å². The first kappa shape index (κ1) is 12.8. The second-order valence-electron chi connectivity index (χ2n) is 4.60. The molecule has 2 heterocycles. The maximum atomic E-state index is 12.1. The molecule has 0 radical (unpaired) electrons. The van der Waals surface area contributed by atoms with Crippen LogP contribution < -0.4 is 5.32 Å². The molecule has 0 aliphatic heterocycles. The molecule has 0 aliphatic carbocycles. The molecule has 1 N–H and O–H groups in total. The van der Waals surface area contributed by atoms with Gasteiger partial charge in [-0.15, -0.1) is 0 Å². The van der Waals surface area contributed by atoms with Gasteiger partial charge < -0.3 is 9.88 Å². The molecule has 0 saturated heterocycles. The Bertz CT molecular complexity index is 516. The quantitative estimate of drug-likeness (QED) is 0.921. The Morgan fingerprint density at radius 1 is 1.50 bits per heavy atom. The molecular formula is C13H17N3OS. The van der Waals surface area contributed by atoms with Gasteiger partial charge in [0, 0.05) is 24.8 Å². The molecule has 0 saturated carbocycles. The van der Waals surface area contributed by atoms with Crippen molar-refractivity contribution in [3.63, 3.8) is 0 Å². The van der Waals surface area contributed by atoms with Crippen molar-refractivity contribution in [3.8, 4) is 0 Å². The summed E-state index contributed by atoms with van der Waals surface area (Å²) in [6, 6.07) is 1.76. The summed E-state index contributed by atoms with van der Waals surface area (Å²) in [5.74, 6) is 1.13. The molecule has 0 bridgehead atoms. The molecule has 96 valence electrons. The SMILES string of the molecule is CC(C)[C@H](NC(=O)c1ccsc1)c1nccn1C. The van der Waals surface area contributed by atoms with Crippen LogP contribution in [0.3, 0.4) is 0 Å². The van der Waals surface area contributed by atoms with E-state index in [1.165, 1.54) is 11.3 Å². The van der Waals surface area contributed by atoms with E-state index in [1.807, 2.05) is 34.6 Å². The molecule has 0 aliphatic rings. The second kappa shape index (κ2) is 5.35. The lowest BCUT2D eigenvalue weighted by Crippen LogP contribution is -2.33. The zero-order chi connectivity index (χ0) is 13.1. The van der Waals surface area contributed by atoms with E-state index in [1.54, 1.807) is 6.20 Å². The van der Waals surface area contributed by atoms with Crippen molar-refractivity contribution < 1.29 is 4.79 Å². The normalized spacial score (nSPS) is 12.7. The number of amides is 1. The Morgan fingerprint density at radius 3 is 2.78 bits per heavy atom. The zero-order valence-electron chi connectivity index (χ0n) is 10.8. The molecule has 2 rings (SSSR count). The van der Waals surface area contributed by atoms with Gasteiger partial charge in [-0.1, -0.05) is 13.8 Å². The smallest absolute Gasteiger partial charge is 0.252 e. The van der Waals surface area contributed by atoms with Gasteiger partial charge >= 0.3 is 0 Å². The monoisotopic (exact) mass is 263 g/mol. The summed E-state index contributed by atoms with van der Waals surface area (Å²) in [7, 11) is 1.94. The summed E-state index contributed by atoms with van der Waals surface area (Å²) >= 11 is 1.52. The molecule has 0 fully saturated rings. The van der Waals surface area contributed by atoms with Crippen molar-refractivity contribution >= 4 is 17.2 Å². The predicted octanol–water partition coefficient (Wildman–Crippen LogP) is 2.61. The lowest BCUT2D eigenvalue weighted by atomic mass is 10.0. The van der Waals surface area contributed by atoms with E-state index in [2.05, 4.69) is 24.1 Å². The first-order valence-corrected chi connectivity index (χ1v) is 6.84. The number of aromatic nitrogens is 2. The minimum Gasteiger partial charge on any atom is -0.342 e. The number of hydrogen-bond acceptors (Lipinski definition) is 3. The van der Waals surface area contributed by atoms with Crippen LogP contribution >= 0.6 is 11.3 Å². The van der Waals surface area contributed by atoms with Gasteiger partial charge in [0.05, 0.1) is 11.6 Å². The Kier molecular flexibility index (Phi) is 3.81. The minimum absolute atomic E-state index is 0.0436. The summed E-state index contributed by atoms with van der Waals surface area (Å²) < 4.78 is 1.94. The number of thiophene rings is 1. The lowest BCUT2D eigenvalue weighted by Gasteiger charge is -2.21. The molecule has 1 amide bonds. The van der Waals surface area contributed by atoms with Crippen molar-refractivity contribution in [2.45, 2.75) is 19.9 Å². The molecule has 18 heavy (non-hydrogen) atoms. The van der Waals surface area contributed by atoms with Gasteiger partial charge in [-0.25, -0.2) is 4.98 Å². The van der Waals surface area contributed by atoms with Crippen LogP contribution in [0.2, 0.25) is 0 Å². The summed E-state index contributed by atoms with van der Waals surface area (Å²) in [6.07, 6.45) is 3.64. The van der Waals surface area contributed by atoms with Crippen molar-refractivity contribution in [3.05, 3.63) is 40.6 Å². The van der Waals surface area contributed by atoms with E-state index in [9.17, 15) is 4.79 Å². The third kappa shape index (κ3) is 2.61. The van der Waals surface area contributed by atoms with Crippen molar-refractivity contribution in [1.82, 2.24) is 14.9 Å². The fourth-order valence-electron chi connectivity index (χ4n) is 1.82. The molecule has 0 unspecified atom stereocenters. The average Bonchev–Trinajstić information content (AvgIpc) is 2.96. The number of imidazole rings is 1. The third-order valence-corrected chi connectivity index (χ3v) is 3.56. The van der Waals surface area contributed by atoms with Crippen molar-refractivity contribution in [1.29, 1.82) is 0 Å². The highest BCUT2D eigenvalue weighted by atomic mass is 32.1. The van der Waals surface area contributed by atoms with Crippen LogP contribution in [0.4, 0.5) is 0 Å². The van der Waals surface area contributed by atoms with Crippen molar-refractivity contribution in [2.75, 3.05) is 0 Å². The minimum atomic E-state index is -0.0719. The predicted molar refractivity (Wildman–Crippen MR) is 72.6 cm³/mol. The lowest BCUT2D eigenvalue weighted by molar-refractivity contribution is 0.0923. The van der Waals surface area contributed by atoms with E-state index < -0.39 is 0 Å². The number of rotatable bonds is 4. The number of nitrogens with zero attached hydrogens (tertiary/aromatic N) is 2. The molecule has 1 atom stereocenters. The Hall–Kier alpha value is -1.62. The van der Waals surface area contributed by atoms with Gasteiger partial charge in [0.25, 0.3) is 5.91 Å². The average molecular weight is 263 g/mol. The Balaban J connectivity index is 2.18. The van der Waals surface area contributed by atoms with Crippen LogP contribution in [0.15, 0.2) is 29.2 Å². The first-order chi connectivity index (χ1) is 8.59. The largest absolute Gasteiger partial charge is 0.342 e. The number of aryl methyl sites for hydroxylation is 1. The maximum absolute atomic E-state index is 12.1. The van der Waals surface area contributed by atoms with E-state index >= 15 is 0 Å². The van der Waals surface area contributed by atoms with Crippen LogP contribution in [0.25, 0.3) is 0 Å². The van der Waals surface area contributed by atoms with E-state index in [-0.39, 0.29) is 17.9 Å². The number of nitrogens with one attached hydrogen (secondary N) is 1. The fourth-order valence-corrected chi connectivity index (χ4v) is 2.46. The van der Waals surface area contributed by atoms with Gasteiger partial charge in [0.2, 0.25) is 0 Å². The molecule has 4 nitrogen and oxygen atoms in total. The van der Waals surface area contributed by atoms with Crippen LogP contribution in [0, 0.1) is 5.92 Å². The van der Waals surface area contributed by atoms with Crippen LogP contribution in [0.5, 0.6) is 0 Å². The number of hydrogen-bond donors (Lipinski definition) is 1. The number of carbonyl (C=O) groups excluding carboxylic acids is 1. The van der Waals surface area contributed by atoms with Crippen LogP contribution in [-0.2, 0) is 7.05 Å². The highest BCUT2D eigenvalue weighted by Crippen LogP contribution is 2.20. The maximum Gasteiger partial charge on any atom is 0.252 e. The summed E-state index contributed by atoms with van der Waals surface area (Å²) in [5.41, 5.74) is 0.708. The van der Waals surface area contributed by atoms with E-state index in [4.69, 9.17) is 0 Å². The van der Waals surface area contributed by atoms with Gasteiger partial charge in [0.15, 0.2) is 0 Å². The van der Waals surface area contributed by atoms with Gasteiger partial charge in [-0.05, 0) is 17.4 Å². The molecular weight excluding hydrogens is 246 g/mol. The van der Waals surface area contributed by atoms with Crippen LogP contribution in [-0.4, -0.2) is 15.5 Å². The van der Waals surface area contributed by atoms with Crippen LogP contribution in [0.1, 0.15) is 36.1 Å². The van der Waals surface area contributed by atoms with E-state index in [0.717, 1.165) is 5.82 Å². The van der Waals surface area contributed by atoms with Crippen molar-refractivity contribution in [2.24, 2.45) is 13.0 Å². The highest BCUT2D eigenvalue weighted by molar-refractivity contribution is 7.08. The summed E-state index contributed by atoms with van der Waals surface area (Å²) in [5, 5.41) is 6.80. The van der Waals surface area contributed by atoms with E-state index in [0.29, 0.717) is 5.56 Å².